The molecule has 106 valence electrons. The summed E-state index contributed by atoms with van der Waals surface area (Å²) in [5, 5.41) is 14.3. The fourth-order valence-electron chi connectivity index (χ4n) is 1.80. The fraction of sp³-hybridized carbons (Fsp3) is 0.769. The van der Waals surface area contributed by atoms with Crippen molar-refractivity contribution in [2.24, 2.45) is 0 Å². The van der Waals surface area contributed by atoms with Crippen LogP contribution in [0.5, 0.6) is 0 Å². The third-order valence-corrected chi connectivity index (χ3v) is 3.57. The van der Waals surface area contributed by atoms with Crippen LogP contribution < -0.4 is 5.46 Å². The van der Waals surface area contributed by atoms with E-state index in [4.69, 9.17) is 17.5 Å². The van der Waals surface area contributed by atoms with Gasteiger partial charge in [-0.25, -0.2) is 0 Å². The minimum Gasteiger partial charge on any atom is -0.399 e. The van der Waals surface area contributed by atoms with Crippen molar-refractivity contribution in [1.82, 2.24) is 9.78 Å². The van der Waals surface area contributed by atoms with E-state index >= 15 is 0 Å². The maximum absolute atomic E-state index is 10.3. The second-order valence-electron chi connectivity index (χ2n) is 5.92. The van der Waals surface area contributed by atoms with E-state index in [1.807, 2.05) is 27.7 Å². The Balaban J connectivity index is 2.25. The van der Waals surface area contributed by atoms with E-state index in [1.165, 1.54) is 12.4 Å². The maximum Gasteiger partial charge on any atom is 0.498 e. The number of hydrogen-bond acceptors (Lipinski definition) is 4. The molecule has 0 aromatic carbocycles. The van der Waals surface area contributed by atoms with Gasteiger partial charge in [0.1, 0.15) is 0 Å². The van der Waals surface area contributed by atoms with Crippen molar-refractivity contribution in [3.63, 3.8) is 0 Å². The predicted molar refractivity (Wildman–Crippen MR) is 74.2 cm³/mol. The molecule has 0 aliphatic carbocycles. The highest BCUT2D eigenvalue weighted by atomic mass is 16.7. The summed E-state index contributed by atoms with van der Waals surface area (Å²) < 4.78 is 57.2. The molecule has 0 radical (unpaired) electrons. The van der Waals surface area contributed by atoms with Crippen LogP contribution in [0.15, 0.2) is 12.4 Å². The van der Waals surface area contributed by atoms with Crippen molar-refractivity contribution in [2.45, 2.75) is 64.7 Å². The van der Waals surface area contributed by atoms with Crippen molar-refractivity contribution in [3.05, 3.63) is 12.4 Å². The van der Waals surface area contributed by atoms with Crippen LogP contribution in [0.1, 0.15) is 49.6 Å². The van der Waals surface area contributed by atoms with Crippen molar-refractivity contribution in [2.75, 3.05) is 0 Å². The van der Waals surface area contributed by atoms with Crippen molar-refractivity contribution in [1.29, 1.82) is 0 Å². The molecule has 6 heteroatoms. The number of aliphatic hydroxyl groups is 1. The Hall–Kier alpha value is -0.845. The van der Waals surface area contributed by atoms with Gasteiger partial charge in [0, 0.05) is 26.1 Å². The Labute approximate surface area is 123 Å². The van der Waals surface area contributed by atoms with E-state index in [1.54, 1.807) is 0 Å². The molecule has 0 amide bonds. The quantitative estimate of drug-likeness (QED) is 0.832. The largest absolute Gasteiger partial charge is 0.498 e. The summed E-state index contributed by atoms with van der Waals surface area (Å²) in [4.78, 5) is 0. The van der Waals surface area contributed by atoms with Gasteiger partial charge in [0.2, 0.25) is 0 Å². The van der Waals surface area contributed by atoms with Crippen LogP contribution in [-0.2, 0) is 15.9 Å². The Morgan fingerprint density at radius 3 is 2.47 bits per heavy atom. The van der Waals surface area contributed by atoms with Gasteiger partial charge >= 0.3 is 7.12 Å². The lowest BCUT2D eigenvalue weighted by Gasteiger charge is -2.32. The Kier molecular flexibility index (Phi) is 1.92. The third-order valence-electron chi connectivity index (χ3n) is 3.57. The molecule has 1 aromatic heterocycles. The van der Waals surface area contributed by atoms with Crippen molar-refractivity contribution in [3.8, 4) is 0 Å². The van der Waals surface area contributed by atoms with Gasteiger partial charge in [0.05, 0.1) is 23.3 Å². The smallest absolute Gasteiger partial charge is 0.399 e. The van der Waals surface area contributed by atoms with Crippen LogP contribution in [-0.4, -0.2) is 38.8 Å². The molecule has 19 heavy (non-hydrogen) atoms. The van der Waals surface area contributed by atoms with Crippen LogP contribution in [0, 0.1) is 0 Å². The highest BCUT2D eigenvalue weighted by Gasteiger charge is 2.52. The van der Waals surface area contributed by atoms with Gasteiger partial charge in [-0.2, -0.15) is 5.10 Å². The second kappa shape index (κ2) is 4.33. The van der Waals surface area contributed by atoms with Crippen molar-refractivity contribution >= 4 is 12.6 Å². The van der Waals surface area contributed by atoms with Crippen LogP contribution in [0.2, 0.25) is 0 Å². The van der Waals surface area contributed by atoms with Crippen LogP contribution >= 0.6 is 0 Å². The maximum atomic E-state index is 10.3. The monoisotopic (exact) mass is 272 g/mol. The van der Waals surface area contributed by atoms with Gasteiger partial charge in [0.25, 0.3) is 0 Å². The first kappa shape index (κ1) is 8.44. The first-order chi connectivity index (χ1) is 11.0. The van der Waals surface area contributed by atoms with Gasteiger partial charge < -0.3 is 14.4 Å². The molecule has 0 atom stereocenters. The molecular formula is C13H23BN2O3. The van der Waals surface area contributed by atoms with E-state index < -0.39 is 44.2 Å². The van der Waals surface area contributed by atoms with Crippen LogP contribution in [0.4, 0.5) is 0 Å². The van der Waals surface area contributed by atoms with E-state index in [2.05, 4.69) is 5.10 Å². The zero-order valence-electron chi connectivity index (χ0n) is 17.6. The molecule has 1 aliphatic heterocycles. The molecule has 0 saturated carbocycles. The minimum atomic E-state index is -3.10. The number of aromatic nitrogens is 2. The Morgan fingerprint density at radius 2 is 1.95 bits per heavy atom. The molecule has 5 nitrogen and oxygen atoms in total. The summed E-state index contributed by atoms with van der Waals surface area (Å²) in [5.74, 6) is 0. The topological polar surface area (TPSA) is 56.5 Å². The standard InChI is InChI=1S/C13H23BN2O3/c1-11(2,17)9-16-8-10(7-15-16)14-18-12(3,4)13(5,6)19-14/h7-8,17H,9H2,1-6H3/i1D3,2D3. The molecule has 1 aliphatic rings. The van der Waals surface area contributed by atoms with Gasteiger partial charge in [-0.15, -0.1) is 0 Å². The highest BCUT2D eigenvalue weighted by Crippen LogP contribution is 2.36. The molecule has 2 heterocycles. The average molecular weight is 272 g/mol. The molecule has 1 fully saturated rings. The van der Waals surface area contributed by atoms with E-state index in [-0.39, 0.29) is 0 Å². The van der Waals surface area contributed by atoms with Crippen LogP contribution in [0.3, 0.4) is 0 Å². The van der Waals surface area contributed by atoms with E-state index in [0.717, 1.165) is 4.68 Å². The van der Waals surface area contributed by atoms with Crippen LogP contribution in [0.25, 0.3) is 0 Å². The SMILES string of the molecule is [2H]C([2H])([2H])C(O)(Cn1cc(B2OC(C)(C)C(C)(C)O2)cn1)C([2H])([2H])[2H]. The average Bonchev–Trinajstić information content (AvgIpc) is 2.90. The zero-order chi connectivity index (χ0) is 19.5. The normalized spacial score (nSPS) is 27.9. The summed E-state index contributed by atoms with van der Waals surface area (Å²) in [6.07, 6.45) is 2.83. The first-order valence-corrected chi connectivity index (χ1v) is 6.11. The predicted octanol–water partition coefficient (Wildman–Crippen LogP) is 0.953. The van der Waals surface area contributed by atoms with Gasteiger partial charge in [0.15, 0.2) is 0 Å². The first-order valence-electron chi connectivity index (χ1n) is 9.11. The number of hydrogen-bond donors (Lipinski definition) is 1. The molecule has 2 rings (SSSR count). The molecule has 1 aromatic rings. The lowest BCUT2D eigenvalue weighted by atomic mass is 9.82. The molecule has 0 spiro atoms. The molecular weight excluding hydrogens is 243 g/mol. The summed E-state index contributed by atoms with van der Waals surface area (Å²) in [7, 11) is -0.715. The highest BCUT2D eigenvalue weighted by molar-refractivity contribution is 6.61. The summed E-state index contributed by atoms with van der Waals surface area (Å²) in [6.45, 7) is 0.640. The zero-order valence-corrected chi connectivity index (χ0v) is 11.6. The summed E-state index contributed by atoms with van der Waals surface area (Å²) >= 11 is 0. The molecule has 0 unspecified atom stereocenters. The fourth-order valence-corrected chi connectivity index (χ4v) is 1.80. The lowest BCUT2D eigenvalue weighted by molar-refractivity contribution is 0.00578. The Morgan fingerprint density at radius 1 is 1.37 bits per heavy atom. The van der Waals surface area contributed by atoms with E-state index in [0.29, 0.717) is 5.46 Å². The molecule has 1 N–H and O–H groups in total. The Bertz CT molecular complexity index is 610. The minimum absolute atomic E-state index is 0.511. The summed E-state index contributed by atoms with van der Waals surface area (Å²) in [6, 6.07) is 0. The summed E-state index contributed by atoms with van der Waals surface area (Å²) in [5.41, 5.74) is -3.52. The van der Waals surface area contributed by atoms with Gasteiger partial charge in [-0.05, 0) is 41.4 Å². The molecule has 0 bridgehead atoms. The molecule has 1 saturated heterocycles. The van der Waals surface area contributed by atoms with Gasteiger partial charge in [-0.3, -0.25) is 4.68 Å². The van der Waals surface area contributed by atoms with Gasteiger partial charge in [-0.1, -0.05) is 0 Å². The van der Waals surface area contributed by atoms with Crippen molar-refractivity contribution < 1.29 is 22.6 Å². The number of nitrogens with zero attached hydrogens (tertiary/aromatic N) is 2. The second-order valence-corrected chi connectivity index (χ2v) is 5.92. The van der Waals surface area contributed by atoms with E-state index in [9.17, 15) is 5.11 Å². The number of rotatable bonds is 3. The third kappa shape index (κ3) is 3.01. The lowest BCUT2D eigenvalue weighted by Crippen LogP contribution is -2.41.